The zero-order valence-electron chi connectivity index (χ0n) is 13.1. The number of piperidine rings is 1. The van der Waals surface area contributed by atoms with Crippen LogP contribution in [0.4, 0.5) is 0 Å². The molecule has 0 saturated carbocycles. The molecule has 0 amide bonds. The maximum atomic E-state index is 11.3. The number of benzene rings is 1. The molecular formula is C18H25NO3. The van der Waals surface area contributed by atoms with E-state index in [0.717, 1.165) is 44.5 Å². The molecule has 0 radical (unpaired) electrons. The second-order valence-electron chi connectivity index (χ2n) is 6.37. The minimum atomic E-state index is -0.681. The van der Waals surface area contributed by atoms with Crippen molar-refractivity contribution in [1.29, 1.82) is 0 Å². The number of hydrogen-bond acceptors (Lipinski definition) is 3. The van der Waals surface area contributed by atoms with Gasteiger partial charge in [0.25, 0.3) is 0 Å². The molecule has 2 aliphatic rings. The van der Waals surface area contributed by atoms with Crippen molar-refractivity contribution in [3.05, 3.63) is 29.3 Å². The number of rotatable bonds is 6. The molecule has 1 saturated heterocycles. The van der Waals surface area contributed by atoms with Crippen LogP contribution in [-0.4, -0.2) is 41.7 Å². The van der Waals surface area contributed by atoms with Gasteiger partial charge in [-0.2, -0.15) is 0 Å². The molecule has 3 rings (SSSR count). The van der Waals surface area contributed by atoms with E-state index in [1.807, 2.05) is 0 Å². The summed E-state index contributed by atoms with van der Waals surface area (Å²) in [6.07, 6.45) is 7.41. The molecule has 1 unspecified atom stereocenters. The van der Waals surface area contributed by atoms with E-state index in [0.29, 0.717) is 6.61 Å². The summed E-state index contributed by atoms with van der Waals surface area (Å²) < 4.78 is 5.84. The van der Waals surface area contributed by atoms with Crippen LogP contribution in [0.15, 0.2) is 18.2 Å². The van der Waals surface area contributed by atoms with Gasteiger partial charge in [0.1, 0.15) is 11.8 Å². The van der Waals surface area contributed by atoms with E-state index >= 15 is 0 Å². The van der Waals surface area contributed by atoms with Gasteiger partial charge < -0.3 is 9.84 Å². The molecule has 1 atom stereocenters. The molecule has 4 heteroatoms. The Morgan fingerprint density at radius 1 is 1.23 bits per heavy atom. The third-order valence-electron chi connectivity index (χ3n) is 4.83. The van der Waals surface area contributed by atoms with Gasteiger partial charge in [0, 0.05) is 6.54 Å². The Morgan fingerprint density at radius 3 is 2.95 bits per heavy atom. The Morgan fingerprint density at radius 2 is 2.09 bits per heavy atom. The number of aliphatic carboxylic acids is 1. The first-order valence-corrected chi connectivity index (χ1v) is 8.45. The monoisotopic (exact) mass is 303 g/mol. The number of carboxylic acids is 1. The van der Waals surface area contributed by atoms with E-state index in [9.17, 15) is 9.90 Å². The largest absolute Gasteiger partial charge is 0.494 e. The van der Waals surface area contributed by atoms with Crippen molar-refractivity contribution in [2.45, 2.75) is 51.0 Å². The fourth-order valence-corrected chi connectivity index (χ4v) is 3.63. The van der Waals surface area contributed by atoms with Crippen LogP contribution < -0.4 is 4.74 Å². The number of nitrogens with zero attached hydrogens (tertiary/aromatic N) is 1. The molecule has 1 heterocycles. The number of likely N-dealkylation sites (tertiary alicyclic amines) is 1. The smallest absolute Gasteiger partial charge is 0.320 e. The van der Waals surface area contributed by atoms with Crippen LogP contribution in [0.25, 0.3) is 0 Å². The van der Waals surface area contributed by atoms with Gasteiger partial charge in [-0.3, -0.25) is 9.69 Å². The summed E-state index contributed by atoms with van der Waals surface area (Å²) in [5.41, 5.74) is 2.89. The third kappa shape index (κ3) is 3.61. The number of carboxylic acid groups (broad SMARTS) is 1. The van der Waals surface area contributed by atoms with Crippen LogP contribution in [0.1, 0.15) is 43.2 Å². The van der Waals surface area contributed by atoms with Crippen molar-refractivity contribution < 1.29 is 14.6 Å². The van der Waals surface area contributed by atoms with Gasteiger partial charge in [0.2, 0.25) is 0 Å². The lowest BCUT2D eigenvalue weighted by molar-refractivity contribution is -0.144. The van der Waals surface area contributed by atoms with Crippen LogP contribution in [0.3, 0.4) is 0 Å². The molecule has 1 aromatic carbocycles. The van der Waals surface area contributed by atoms with Crippen molar-refractivity contribution in [1.82, 2.24) is 4.90 Å². The van der Waals surface area contributed by atoms with Crippen LogP contribution in [-0.2, 0) is 17.6 Å². The zero-order valence-corrected chi connectivity index (χ0v) is 13.1. The first-order chi connectivity index (χ1) is 10.7. The molecule has 0 aromatic heterocycles. The second-order valence-corrected chi connectivity index (χ2v) is 6.37. The highest BCUT2D eigenvalue weighted by Gasteiger charge is 2.27. The van der Waals surface area contributed by atoms with Crippen LogP contribution in [0.2, 0.25) is 0 Å². The average molecular weight is 303 g/mol. The van der Waals surface area contributed by atoms with E-state index in [2.05, 4.69) is 23.1 Å². The number of ether oxygens (including phenoxy) is 1. The van der Waals surface area contributed by atoms with Gasteiger partial charge in [-0.25, -0.2) is 0 Å². The number of hydrogen-bond donors (Lipinski definition) is 1. The Hall–Kier alpha value is -1.55. The fourth-order valence-electron chi connectivity index (χ4n) is 3.63. The normalized spacial score (nSPS) is 21.5. The van der Waals surface area contributed by atoms with Crippen molar-refractivity contribution in [3.8, 4) is 5.75 Å². The predicted octanol–water partition coefficient (Wildman–Crippen LogP) is 2.88. The zero-order chi connectivity index (χ0) is 15.4. The number of aryl methyl sites for hydroxylation is 2. The lowest BCUT2D eigenvalue weighted by Gasteiger charge is -2.32. The average Bonchev–Trinajstić information content (AvgIpc) is 2.99. The van der Waals surface area contributed by atoms with Gasteiger partial charge >= 0.3 is 5.97 Å². The molecule has 0 spiro atoms. The van der Waals surface area contributed by atoms with E-state index in [1.165, 1.54) is 30.4 Å². The topological polar surface area (TPSA) is 49.8 Å². The summed E-state index contributed by atoms with van der Waals surface area (Å²) in [6, 6.07) is 6.12. The molecule has 1 fully saturated rings. The highest BCUT2D eigenvalue weighted by Crippen LogP contribution is 2.26. The first kappa shape index (κ1) is 15.3. The van der Waals surface area contributed by atoms with Crippen molar-refractivity contribution in [2.24, 2.45) is 0 Å². The maximum absolute atomic E-state index is 11.3. The Labute approximate surface area is 132 Å². The number of fused-ring (bicyclic) bond motifs is 1. The quantitative estimate of drug-likeness (QED) is 0.821. The highest BCUT2D eigenvalue weighted by molar-refractivity contribution is 5.73. The highest BCUT2D eigenvalue weighted by atomic mass is 16.5. The molecule has 4 nitrogen and oxygen atoms in total. The molecular weight excluding hydrogens is 278 g/mol. The van der Waals surface area contributed by atoms with E-state index < -0.39 is 5.97 Å². The summed E-state index contributed by atoms with van der Waals surface area (Å²) in [5.74, 6) is 0.272. The molecule has 1 N–H and O–H groups in total. The van der Waals surface area contributed by atoms with Crippen LogP contribution in [0, 0.1) is 0 Å². The first-order valence-electron chi connectivity index (χ1n) is 8.45. The van der Waals surface area contributed by atoms with Gasteiger partial charge in [-0.15, -0.1) is 0 Å². The van der Waals surface area contributed by atoms with E-state index in [1.54, 1.807) is 0 Å². The minimum Gasteiger partial charge on any atom is -0.494 e. The van der Waals surface area contributed by atoms with Crippen LogP contribution >= 0.6 is 0 Å². The van der Waals surface area contributed by atoms with Gasteiger partial charge in [-0.05, 0) is 68.3 Å². The SMILES string of the molecule is O=C(O)C1CCCCN1CCCOc1ccc2c(c1)CCC2. The van der Waals surface area contributed by atoms with Crippen molar-refractivity contribution in [3.63, 3.8) is 0 Å². The molecule has 0 bridgehead atoms. The Bertz CT molecular complexity index is 529. The van der Waals surface area contributed by atoms with Gasteiger partial charge in [0.05, 0.1) is 6.61 Å². The molecule has 22 heavy (non-hydrogen) atoms. The standard InChI is InChI=1S/C18H25NO3/c20-18(21)17-7-1-2-10-19(17)11-4-12-22-16-9-8-14-5-3-6-15(14)13-16/h8-9,13,17H,1-7,10-12H2,(H,20,21). The van der Waals surface area contributed by atoms with Gasteiger partial charge in [-0.1, -0.05) is 12.5 Å². The van der Waals surface area contributed by atoms with E-state index in [-0.39, 0.29) is 6.04 Å². The lowest BCUT2D eigenvalue weighted by atomic mass is 10.0. The lowest BCUT2D eigenvalue weighted by Crippen LogP contribution is -2.45. The minimum absolute atomic E-state index is 0.297. The number of carbonyl (C=O) groups is 1. The summed E-state index contributed by atoms with van der Waals surface area (Å²) in [6.45, 7) is 2.36. The van der Waals surface area contributed by atoms with Crippen molar-refractivity contribution >= 4 is 5.97 Å². The Balaban J connectivity index is 1.44. The predicted molar refractivity (Wildman–Crippen MR) is 85.4 cm³/mol. The maximum Gasteiger partial charge on any atom is 0.320 e. The second kappa shape index (κ2) is 7.14. The van der Waals surface area contributed by atoms with Gasteiger partial charge in [0.15, 0.2) is 0 Å². The summed E-state index contributed by atoms with van der Waals surface area (Å²) in [7, 11) is 0. The summed E-state index contributed by atoms with van der Waals surface area (Å²) in [4.78, 5) is 13.3. The molecule has 1 aliphatic heterocycles. The molecule has 120 valence electrons. The van der Waals surface area contributed by atoms with E-state index in [4.69, 9.17) is 4.74 Å². The third-order valence-corrected chi connectivity index (χ3v) is 4.83. The summed E-state index contributed by atoms with van der Waals surface area (Å²) >= 11 is 0. The van der Waals surface area contributed by atoms with Crippen LogP contribution in [0.5, 0.6) is 5.75 Å². The van der Waals surface area contributed by atoms with Crippen molar-refractivity contribution in [2.75, 3.05) is 19.7 Å². The Kier molecular flexibility index (Phi) is 4.98. The molecule has 1 aliphatic carbocycles. The molecule has 1 aromatic rings. The summed E-state index contributed by atoms with van der Waals surface area (Å²) in [5, 5.41) is 9.26. The fraction of sp³-hybridized carbons (Fsp3) is 0.611.